The molecule has 1 aliphatic rings. The van der Waals surface area contributed by atoms with Gasteiger partial charge in [-0.1, -0.05) is 0 Å². The second-order valence-corrected chi connectivity index (χ2v) is 3.17. The molecule has 0 aromatic heterocycles. The number of carbonyl (C=O) groups is 1. The highest BCUT2D eigenvalue weighted by Crippen LogP contribution is 2.41. The Bertz CT molecular complexity index is 426. The molecule has 0 radical (unpaired) electrons. The number of ether oxygens (including phenoxy) is 2. The van der Waals surface area contributed by atoms with Gasteiger partial charge in [-0.25, -0.2) is 0 Å². The fraction of sp³-hybridized carbons (Fsp3) is 0.300. The molecule has 0 atom stereocenters. The Morgan fingerprint density at radius 1 is 1.19 bits per heavy atom. The van der Waals surface area contributed by atoms with Gasteiger partial charge in [0, 0.05) is 0 Å². The molecule has 1 aromatic rings. The minimum absolute atomic E-state index is 0.129. The molecule has 16 heavy (non-hydrogen) atoms. The number of halogens is 3. The molecule has 6 heteroatoms. The van der Waals surface area contributed by atoms with Gasteiger partial charge in [-0.2, -0.15) is 13.2 Å². The van der Waals surface area contributed by atoms with Crippen LogP contribution >= 0.6 is 0 Å². The fourth-order valence-electron chi connectivity index (χ4n) is 1.50. The van der Waals surface area contributed by atoms with Crippen molar-refractivity contribution in [3.8, 4) is 11.5 Å². The quantitative estimate of drug-likeness (QED) is 0.697. The van der Waals surface area contributed by atoms with Crippen molar-refractivity contribution in [1.29, 1.82) is 0 Å². The number of alkyl halides is 3. The summed E-state index contributed by atoms with van der Waals surface area (Å²) in [6, 6.07) is 1.97. The normalized spacial score (nSPS) is 14.7. The van der Waals surface area contributed by atoms with E-state index in [9.17, 15) is 18.0 Å². The number of hydrogen-bond acceptors (Lipinski definition) is 3. The van der Waals surface area contributed by atoms with Gasteiger partial charge >= 0.3 is 6.18 Å². The zero-order valence-electron chi connectivity index (χ0n) is 8.00. The summed E-state index contributed by atoms with van der Waals surface area (Å²) in [6.07, 6.45) is -4.44. The molecular weight excluding hydrogens is 225 g/mol. The molecule has 0 N–H and O–H groups in total. The van der Waals surface area contributed by atoms with E-state index in [1.165, 1.54) is 0 Å². The zero-order valence-corrected chi connectivity index (χ0v) is 8.00. The van der Waals surface area contributed by atoms with Crippen LogP contribution in [0.15, 0.2) is 12.1 Å². The van der Waals surface area contributed by atoms with Crippen LogP contribution < -0.4 is 9.47 Å². The Morgan fingerprint density at radius 2 is 1.88 bits per heavy atom. The first-order chi connectivity index (χ1) is 7.54. The van der Waals surface area contributed by atoms with Crippen molar-refractivity contribution in [2.75, 3.05) is 13.2 Å². The van der Waals surface area contributed by atoms with Gasteiger partial charge in [0.2, 0.25) is 0 Å². The highest BCUT2D eigenvalue weighted by atomic mass is 19.4. The van der Waals surface area contributed by atoms with Crippen LogP contribution in [-0.4, -0.2) is 19.5 Å². The van der Waals surface area contributed by atoms with Crippen molar-refractivity contribution in [2.45, 2.75) is 6.18 Å². The van der Waals surface area contributed by atoms with Gasteiger partial charge in [-0.3, -0.25) is 4.79 Å². The third-order valence-corrected chi connectivity index (χ3v) is 2.17. The van der Waals surface area contributed by atoms with Crippen molar-refractivity contribution in [3.05, 3.63) is 23.3 Å². The van der Waals surface area contributed by atoms with E-state index in [1.807, 2.05) is 0 Å². The molecule has 0 bridgehead atoms. The maximum absolute atomic E-state index is 12.6. The molecule has 3 nitrogen and oxygen atoms in total. The lowest BCUT2D eigenvalue weighted by Crippen LogP contribution is -2.19. The summed E-state index contributed by atoms with van der Waals surface area (Å²) in [5, 5.41) is 0. The summed E-state index contributed by atoms with van der Waals surface area (Å²) in [5.41, 5.74) is -1.52. The van der Waals surface area contributed by atoms with Crippen LogP contribution in [0.1, 0.15) is 15.9 Å². The van der Waals surface area contributed by atoms with E-state index in [1.54, 1.807) is 0 Å². The van der Waals surface area contributed by atoms with E-state index in [2.05, 4.69) is 0 Å². The fourth-order valence-corrected chi connectivity index (χ4v) is 1.50. The van der Waals surface area contributed by atoms with Crippen molar-refractivity contribution < 1.29 is 27.4 Å². The maximum Gasteiger partial charge on any atom is 0.417 e. The summed E-state index contributed by atoms with van der Waals surface area (Å²) >= 11 is 0. The number of aldehydes is 1. The van der Waals surface area contributed by atoms with Crippen molar-refractivity contribution in [1.82, 2.24) is 0 Å². The first-order valence-electron chi connectivity index (χ1n) is 4.49. The highest BCUT2D eigenvalue weighted by Gasteiger charge is 2.36. The minimum atomic E-state index is -4.58. The summed E-state index contributed by atoms with van der Waals surface area (Å²) < 4.78 is 47.8. The van der Waals surface area contributed by atoms with Gasteiger partial charge in [-0.05, 0) is 12.1 Å². The summed E-state index contributed by atoms with van der Waals surface area (Å²) in [5.74, 6) is 0.0393. The smallest absolute Gasteiger partial charge is 0.417 e. The van der Waals surface area contributed by atoms with Crippen molar-refractivity contribution in [2.24, 2.45) is 0 Å². The lowest BCUT2D eigenvalue weighted by atomic mass is 10.1. The van der Waals surface area contributed by atoms with Gasteiger partial charge in [0.05, 0.1) is 11.1 Å². The molecule has 0 saturated heterocycles. The van der Waals surface area contributed by atoms with Crippen LogP contribution in [0.25, 0.3) is 0 Å². The Morgan fingerprint density at radius 3 is 2.50 bits per heavy atom. The Labute approximate surface area is 88.8 Å². The monoisotopic (exact) mass is 232 g/mol. The lowest BCUT2D eigenvalue weighted by molar-refractivity contribution is -0.138. The van der Waals surface area contributed by atoms with Crippen molar-refractivity contribution in [3.63, 3.8) is 0 Å². The van der Waals surface area contributed by atoms with E-state index < -0.39 is 17.3 Å². The molecule has 86 valence electrons. The lowest BCUT2D eigenvalue weighted by Gasteiger charge is -2.21. The van der Waals surface area contributed by atoms with Crippen LogP contribution in [-0.2, 0) is 6.18 Å². The maximum atomic E-state index is 12.6. The van der Waals surface area contributed by atoms with E-state index in [4.69, 9.17) is 9.47 Å². The molecule has 0 spiro atoms. The van der Waals surface area contributed by atoms with E-state index in [-0.39, 0.29) is 31.0 Å². The molecular formula is C10H7F3O3. The standard InChI is InChI=1S/C10H7F3O3/c11-10(12,13)7-1-2-8-9(6(7)5-14)16-4-3-15-8/h1-2,5H,3-4H2. The number of rotatable bonds is 1. The molecule has 2 rings (SSSR count). The second kappa shape index (κ2) is 3.70. The van der Waals surface area contributed by atoms with Crippen LogP contribution in [0, 0.1) is 0 Å². The van der Waals surface area contributed by atoms with E-state index in [0.717, 1.165) is 12.1 Å². The number of carbonyl (C=O) groups excluding carboxylic acids is 1. The SMILES string of the molecule is O=Cc1c(C(F)(F)F)ccc2c1OCCO2. The first-order valence-corrected chi connectivity index (χ1v) is 4.49. The molecule has 0 aliphatic carbocycles. The summed E-state index contributed by atoms with van der Waals surface area (Å²) in [6.45, 7) is 0.395. The molecule has 0 saturated carbocycles. The number of fused-ring (bicyclic) bond motifs is 1. The predicted octanol–water partition coefficient (Wildman–Crippen LogP) is 2.29. The zero-order chi connectivity index (χ0) is 11.8. The Hall–Kier alpha value is -1.72. The highest BCUT2D eigenvalue weighted by molar-refractivity contribution is 5.84. The average Bonchev–Trinajstić information content (AvgIpc) is 2.26. The van der Waals surface area contributed by atoms with Crippen molar-refractivity contribution >= 4 is 6.29 Å². The van der Waals surface area contributed by atoms with Crippen LogP contribution in [0.5, 0.6) is 11.5 Å². The molecule has 1 aliphatic heterocycles. The Balaban J connectivity index is 2.61. The van der Waals surface area contributed by atoms with Gasteiger partial charge in [0.25, 0.3) is 0 Å². The number of hydrogen-bond donors (Lipinski definition) is 0. The minimum Gasteiger partial charge on any atom is -0.486 e. The third-order valence-electron chi connectivity index (χ3n) is 2.17. The third kappa shape index (κ3) is 1.70. The molecule has 1 heterocycles. The average molecular weight is 232 g/mol. The van der Waals surface area contributed by atoms with Gasteiger partial charge < -0.3 is 9.47 Å². The molecule has 0 fully saturated rings. The topological polar surface area (TPSA) is 35.5 Å². The largest absolute Gasteiger partial charge is 0.486 e. The van der Waals surface area contributed by atoms with Crippen LogP contribution in [0.4, 0.5) is 13.2 Å². The number of benzene rings is 1. The van der Waals surface area contributed by atoms with E-state index >= 15 is 0 Å². The molecule has 0 amide bonds. The summed E-state index contributed by atoms with van der Waals surface area (Å²) in [4.78, 5) is 10.7. The van der Waals surface area contributed by atoms with Gasteiger partial charge in [0.15, 0.2) is 17.8 Å². The molecule has 0 unspecified atom stereocenters. The van der Waals surface area contributed by atoms with Crippen LogP contribution in [0.2, 0.25) is 0 Å². The van der Waals surface area contributed by atoms with E-state index in [0.29, 0.717) is 0 Å². The van der Waals surface area contributed by atoms with Crippen LogP contribution in [0.3, 0.4) is 0 Å². The second-order valence-electron chi connectivity index (χ2n) is 3.17. The predicted molar refractivity (Wildman–Crippen MR) is 47.8 cm³/mol. The Kier molecular flexibility index (Phi) is 2.49. The van der Waals surface area contributed by atoms with Gasteiger partial charge in [0.1, 0.15) is 13.2 Å². The summed E-state index contributed by atoms with van der Waals surface area (Å²) in [7, 11) is 0. The molecule has 1 aromatic carbocycles. The van der Waals surface area contributed by atoms with Gasteiger partial charge in [-0.15, -0.1) is 0 Å². The first kappa shape index (κ1) is 10.8.